The molecule has 1 N–H and O–H groups in total. The topological polar surface area (TPSA) is 29.1 Å². The third-order valence-electron chi connectivity index (χ3n) is 9.27. The molecule has 5 atom stereocenters. The Labute approximate surface area is 183 Å². The number of carbonyl (C=O) groups excluding carboxylic acids is 1. The molecule has 164 valence electrons. The van der Waals surface area contributed by atoms with E-state index < -0.39 is 0 Å². The van der Waals surface area contributed by atoms with Crippen molar-refractivity contribution in [3.63, 3.8) is 0 Å². The van der Waals surface area contributed by atoms with Crippen molar-refractivity contribution in [3.05, 3.63) is 41.5 Å². The fraction of sp³-hybridized carbons (Fsp3) is 0.679. The molecule has 2 saturated carbocycles. The summed E-state index contributed by atoms with van der Waals surface area (Å²) in [5.74, 6) is 2.99. The van der Waals surface area contributed by atoms with Gasteiger partial charge in [0.1, 0.15) is 0 Å². The van der Waals surface area contributed by atoms with Crippen LogP contribution in [-0.4, -0.2) is 5.91 Å². The van der Waals surface area contributed by atoms with Crippen LogP contribution in [0.1, 0.15) is 85.1 Å². The summed E-state index contributed by atoms with van der Waals surface area (Å²) >= 11 is 0. The molecule has 2 heteroatoms. The Morgan fingerprint density at radius 2 is 1.93 bits per heavy atom. The van der Waals surface area contributed by atoms with Crippen LogP contribution in [0.4, 0.5) is 5.69 Å². The Bertz CT molecular complexity index is 824. The maximum Gasteiger partial charge on any atom is 0.230 e. The fourth-order valence-corrected chi connectivity index (χ4v) is 7.28. The number of rotatable bonds is 4. The maximum absolute atomic E-state index is 13.7. The molecule has 1 aromatic rings. The van der Waals surface area contributed by atoms with Crippen LogP contribution in [0.15, 0.2) is 35.9 Å². The number of nitrogens with one attached hydrogen (secondary N) is 1. The lowest BCUT2D eigenvalue weighted by molar-refractivity contribution is -0.139. The Kier molecular flexibility index (Phi) is 5.90. The molecule has 0 saturated heterocycles. The molecule has 3 aliphatic carbocycles. The highest BCUT2D eigenvalue weighted by Crippen LogP contribution is 2.63. The molecule has 2 unspecified atom stereocenters. The molecule has 1 amide bonds. The third-order valence-corrected chi connectivity index (χ3v) is 9.27. The van der Waals surface area contributed by atoms with Gasteiger partial charge in [-0.15, -0.1) is 0 Å². The number of hydrogen-bond donors (Lipinski definition) is 1. The van der Waals surface area contributed by atoms with Crippen molar-refractivity contribution in [2.45, 2.75) is 86.0 Å². The van der Waals surface area contributed by atoms with E-state index in [-0.39, 0.29) is 16.7 Å². The average Bonchev–Trinajstić information content (AvgIpc) is 2.73. The van der Waals surface area contributed by atoms with Gasteiger partial charge in [0.2, 0.25) is 5.91 Å². The number of para-hydroxylation sites is 1. The van der Waals surface area contributed by atoms with E-state index in [1.807, 2.05) is 6.07 Å². The molecule has 2 fully saturated rings. The standard InChI is InChI=1S/C28H41NO/c1-6-20-10-7-8-11-24(20)29-26(30)28(5)17-9-16-27(4)23-14-12-21(19(2)3)18-22(23)13-15-25(27)28/h7-8,10-11,13,19,21,23,25H,6,9,12,14-18H2,1-5H3,(H,29,30)/t21?,23-,25?,27+,28+/m0/s1. The summed E-state index contributed by atoms with van der Waals surface area (Å²) in [6, 6.07) is 8.29. The van der Waals surface area contributed by atoms with Crippen molar-refractivity contribution in [2.24, 2.45) is 34.5 Å². The molecular formula is C28H41NO. The van der Waals surface area contributed by atoms with Crippen molar-refractivity contribution >= 4 is 11.6 Å². The van der Waals surface area contributed by atoms with Crippen LogP contribution in [0, 0.1) is 34.5 Å². The van der Waals surface area contributed by atoms with E-state index in [2.05, 4.69) is 64.2 Å². The van der Waals surface area contributed by atoms with Gasteiger partial charge in [-0.25, -0.2) is 0 Å². The van der Waals surface area contributed by atoms with Crippen molar-refractivity contribution in [1.82, 2.24) is 0 Å². The molecule has 0 aliphatic heterocycles. The number of anilines is 1. The molecule has 0 spiro atoms. The van der Waals surface area contributed by atoms with Crippen molar-refractivity contribution in [3.8, 4) is 0 Å². The highest BCUT2D eigenvalue weighted by atomic mass is 16.2. The van der Waals surface area contributed by atoms with Crippen molar-refractivity contribution < 1.29 is 4.79 Å². The van der Waals surface area contributed by atoms with Gasteiger partial charge in [0.15, 0.2) is 0 Å². The second kappa shape index (κ2) is 8.17. The molecule has 4 rings (SSSR count). The molecule has 0 aromatic heterocycles. The summed E-state index contributed by atoms with van der Waals surface area (Å²) in [5.41, 5.74) is 3.93. The number of hydrogen-bond acceptors (Lipinski definition) is 1. The minimum absolute atomic E-state index is 0.243. The van der Waals surface area contributed by atoms with Crippen molar-refractivity contribution in [2.75, 3.05) is 5.32 Å². The highest BCUT2D eigenvalue weighted by molar-refractivity contribution is 5.96. The number of amides is 1. The summed E-state index contributed by atoms with van der Waals surface area (Å²) in [7, 11) is 0. The van der Waals surface area contributed by atoms with Gasteiger partial charge < -0.3 is 5.32 Å². The largest absolute Gasteiger partial charge is 0.325 e. The molecule has 0 bridgehead atoms. The lowest BCUT2D eigenvalue weighted by Crippen LogP contribution is -2.54. The lowest BCUT2D eigenvalue weighted by Gasteiger charge is -2.58. The van der Waals surface area contributed by atoms with Crippen LogP contribution in [-0.2, 0) is 11.2 Å². The van der Waals surface area contributed by atoms with Gasteiger partial charge in [-0.2, -0.15) is 0 Å². The Morgan fingerprint density at radius 3 is 2.67 bits per heavy atom. The van der Waals surface area contributed by atoms with Crippen LogP contribution in [0.25, 0.3) is 0 Å². The second-order valence-electron chi connectivity index (χ2n) is 11.1. The van der Waals surface area contributed by atoms with Crippen LogP contribution in [0.5, 0.6) is 0 Å². The van der Waals surface area contributed by atoms with Crippen LogP contribution >= 0.6 is 0 Å². The summed E-state index contributed by atoms with van der Waals surface area (Å²) in [5, 5.41) is 3.36. The quantitative estimate of drug-likeness (QED) is 0.517. The summed E-state index contributed by atoms with van der Waals surface area (Å²) in [6.45, 7) is 11.7. The van der Waals surface area contributed by atoms with Gasteiger partial charge in [-0.3, -0.25) is 4.79 Å². The normalized spacial score (nSPS) is 35.9. The monoisotopic (exact) mass is 407 g/mol. The average molecular weight is 408 g/mol. The minimum atomic E-state index is -0.287. The van der Waals surface area contributed by atoms with E-state index in [1.54, 1.807) is 5.57 Å². The first kappa shape index (κ1) is 21.7. The van der Waals surface area contributed by atoms with E-state index in [1.165, 1.54) is 37.7 Å². The number of fused-ring (bicyclic) bond motifs is 3. The molecule has 2 nitrogen and oxygen atoms in total. The lowest BCUT2D eigenvalue weighted by atomic mass is 9.46. The van der Waals surface area contributed by atoms with Gasteiger partial charge >= 0.3 is 0 Å². The van der Waals surface area contributed by atoms with E-state index in [0.717, 1.165) is 36.8 Å². The summed E-state index contributed by atoms with van der Waals surface area (Å²) in [4.78, 5) is 13.7. The van der Waals surface area contributed by atoms with Crippen LogP contribution in [0.3, 0.4) is 0 Å². The molecule has 3 aliphatic rings. The predicted molar refractivity (Wildman–Crippen MR) is 126 cm³/mol. The Morgan fingerprint density at radius 1 is 1.17 bits per heavy atom. The van der Waals surface area contributed by atoms with Gasteiger partial charge in [0, 0.05) is 5.69 Å². The van der Waals surface area contributed by atoms with Crippen LogP contribution < -0.4 is 5.32 Å². The Balaban J connectivity index is 1.61. The molecule has 0 heterocycles. The molecule has 0 radical (unpaired) electrons. The first-order chi connectivity index (χ1) is 14.3. The van der Waals surface area contributed by atoms with E-state index in [9.17, 15) is 4.79 Å². The number of carbonyl (C=O) groups is 1. The fourth-order valence-electron chi connectivity index (χ4n) is 7.28. The number of aryl methyl sites for hydroxylation is 1. The smallest absolute Gasteiger partial charge is 0.230 e. The van der Waals surface area contributed by atoms with Gasteiger partial charge in [0.05, 0.1) is 5.41 Å². The third kappa shape index (κ3) is 3.55. The predicted octanol–water partition coefficient (Wildman–Crippen LogP) is 7.40. The Hall–Kier alpha value is -1.57. The minimum Gasteiger partial charge on any atom is -0.325 e. The second-order valence-corrected chi connectivity index (χ2v) is 11.1. The van der Waals surface area contributed by atoms with Crippen molar-refractivity contribution in [1.29, 1.82) is 0 Å². The van der Waals surface area contributed by atoms with Gasteiger partial charge in [-0.05, 0) is 85.7 Å². The summed E-state index contributed by atoms with van der Waals surface area (Å²) in [6.07, 6.45) is 12.0. The molecule has 1 aromatic carbocycles. The highest BCUT2D eigenvalue weighted by Gasteiger charge is 2.57. The SMILES string of the molecule is CCc1ccccc1NC(=O)[C@]1(C)CCC[C@@]2(C)C1CC=C1CC(C(C)C)CC[C@@H]12. The van der Waals surface area contributed by atoms with Gasteiger partial charge in [0.25, 0.3) is 0 Å². The first-order valence-corrected chi connectivity index (χ1v) is 12.4. The zero-order valence-corrected chi connectivity index (χ0v) is 19.8. The zero-order valence-electron chi connectivity index (χ0n) is 19.8. The first-order valence-electron chi connectivity index (χ1n) is 12.4. The van der Waals surface area contributed by atoms with E-state index in [0.29, 0.717) is 11.8 Å². The molecule has 30 heavy (non-hydrogen) atoms. The number of benzene rings is 1. The van der Waals surface area contributed by atoms with E-state index in [4.69, 9.17) is 0 Å². The maximum atomic E-state index is 13.7. The van der Waals surface area contributed by atoms with Gasteiger partial charge in [-0.1, -0.05) is 70.9 Å². The van der Waals surface area contributed by atoms with E-state index >= 15 is 0 Å². The number of allylic oxidation sites excluding steroid dienone is 2. The summed E-state index contributed by atoms with van der Waals surface area (Å²) < 4.78 is 0. The zero-order chi connectivity index (χ0) is 21.5. The molecular weight excluding hydrogens is 366 g/mol. The van der Waals surface area contributed by atoms with Crippen LogP contribution in [0.2, 0.25) is 0 Å².